The number of imidazole rings is 1. The van der Waals surface area contributed by atoms with Gasteiger partial charge in [-0.1, -0.05) is 26.0 Å². The molecule has 2 heterocycles. The number of carbonyl (C=O) groups excluding carboxylic acids is 1. The first-order valence-corrected chi connectivity index (χ1v) is 9.58. The van der Waals surface area contributed by atoms with E-state index < -0.39 is 5.97 Å². The molecule has 0 spiro atoms. The average molecular weight is 379 g/mol. The minimum Gasteiger partial charge on any atom is -0.481 e. The topological polar surface area (TPSA) is 85.1 Å². The molecule has 0 saturated carbocycles. The van der Waals surface area contributed by atoms with Crippen molar-refractivity contribution in [2.24, 2.45) is 5.92 Å². The van der Waals surface area contributed by atoms with E-state index in [1.807, 2.05) is 23.6 Å². The van der Waals surface area contributed by atoms with E-state index in [9.17, 15) is 9.59 Å². The summed E-state index contributed by atoms with van der Waals surface area (Å²) in [6.45, 7) is 5.64. The number of fused-ring (bicyclic) bond motifs is 1. The highest BCUT2D eigenvalue weighted by molar-refractivity contribution is 5.96. The molecule has 146 valence electrons. The molecule has 6 nitrogen and oxygen atoms in total. The van der Waals surface area contributed by atoms with E-state index in [0.29, 0.717) is 17.9 Å². The monoisotopic (exact) mass is 379 g/mol. The lowest BCUT2D eigenvalue weighted by Gasteiger charge is -2.12. The number of hydrogen-bond donors (Lipinski definition) is 1. The Kier molecular flexibility index (Phi) is 5.87. The number of benzene rings is 1. The fraction of sp³-hybridized carbons (Fsp3) is 0.364. The Bertz CT molecular complexity index is 1010. The van der Waals surface area contributed by atoms with Crippen molar-refractivity contribution < 1.29 is 14.7 Å². The van der Waals surface area contributed by atoms with Gasteiger partial charge in [-0.3, -0.25) is 14.2 Å². The smallest absolute Gasteiger partial charge is 0.303 e. The second-order valence-electron chi connectivity index (χ2n) is 7.25. The van der Waals surface area contributed by atoms with Crippen LogP contribution in [0.5, 0.6) is 0 Å². The molecule has 6 heteroatoms. The van der Waals surface area contributed by atoms with Gasteiger partial charge in [-0.05, 0) is 49.4 Å². The molecule has 0 aliphatic carbocycles. The maximum Gasteiger partial charge on any atom is 0.303 e. The number of pyridine rings is 1. The average Bonchev–Trinajstić information content (AvgIpc) is 3.04. The van der Waals surface area contributed by atoms with Gasteiger partial charge >= 0.3 is 5.97 Å². The molecule has 1 aromatic carbocycles. The van der Waals surface area contributed by atoms with Gasteiger partial charge in [0, 0.05) is 30.3 Å². The fourth-order valence-corrected chi connectivity index (χ4v) is 3.37. The van der Waals surface area contributed by atoms with Crippen LogP contribution in [0.3, 0.4) is 0 Å². The maximum absolute atomic E-state index is 11.6. The zero-order valence-electron chi connectivity index (χ0n) is 16.5. The van der Waals surface area contributed by atoms with E-state index in [2.05, 4.69) is 29.0 Å². The third-order valence-corrected chi connectivity index (χ3v) is 4.92. The summed E-state index contributed by atoms with van der Waals surface area (Å²) in [5, 5.41) is 8.82. The second-order valence-corrected chi connectivity index (χ2v) is 7.25. The lowest BCUT2D eigenvalue weighted by molar-refractivity contribution is -0.137. The molecule has 0 saturated heterocycles. The Morgan fingerprint density at radius 2 is 1.93 bits per heavy atom. The minimum absolute atomic E-state index is 0.0247. The molecule has 2 aromatic heterocycles. The van der Waals surface area contributed by atoms with Crippen molar-refractivity contribution in [2.75, 3.05) is 0 Å². The highest BCUT2D eigenvalue weighted by atomic mass is 16.4. The molecular formula is C22H25N3O3. The predicted octanol–water partition coefficient (Wildman–Crippen LogP) is 4.23. The normalized spacial score (nSPS) is 12.2. The lowest BCUT2D eigenvalue weighted by Crippen LogP contribution is -2.05. The van der Waals surface area contributed by atoms with Gasteiger partial charge in [0.05, 0.1) is 0 Å². The molecule has 3 aromatic rings. The highest BCUT2D eigenvalue weighted by Crippen LogP contribution is 2.23. The summed E-state index contributed by atoms with van der Waals surface area (Å²) in [5.74, 6) is 0.435. The fourth-order valence-electron chi connectivity index (χ4n) is 3.37. The summed E-state index contributed by atoms with van der Waals surface area (Å²) in [7, 11) is 0. The molecule has 1 N–H and O–H groups in total. The van der Waals surface area contributed by atoms with Gasteiger partial charge < -0.3 is 5.11 Å². The molecule has 1 atom stereocenters. The Hall–Kier alpha value is -3.02. The molecule has 3 rings (SSSR count). The summed E-state index contributed by atoms with van der Waals surface area (Å²) < 4.78 is 2.02. The van der Waals surface area contributed by atoms with Crippen LogP contribution < -0.4 is 0 Å². The summed E-state index contributed by atoms with van der Waals surface area (Å²) in [6.07, 6.45) is 4.07. The summed E-state index contributed by atoms with van der Waals surface area (Å²) in [5.41, 5.74) is 4.17. The Labute approximate surface area is 164 Å². The maximum atomic E-state index is 11.6. The van der Waals surface area contributed by atoms with Gasteiger partial charge in [0.1, 0.15) is 11.3 Å². The Morgan fingerprint density at radius 3 is 2.54 bits per heavy atom. The number of rotatable bonds is 8. The van der Waals surface area contributed by atoms with Gasteiger partial charge in [0.25, 0.3) is 0 Å². The van der Waals surface area contributed by atoms with Crippen LogP contribution in [0.4, 0.5) is 0 Å². The van der Waals surface area contributed by atoms with Crippen molar-refractivity contribution >= 4 is 22.9 Å². The van der Waals surface area contributed by atoms with Gasteiger partial charge in [0.2, 0.25) is 0 Å². The number of nitrogens with zero attached hydrogens (tertiary/aromatic N) is 3. The van der Waals surface area contributed by atoms with Crippen LogP contribution in [0.15, 0.2) is 36.5 Å². The van der Waals surface area contributed by atoms with Crippen molar-refractivity contribution in [3.8, 4) is 5.69 Å². The number of ketones is 1. The number of carboxylic acids is 1. The minimum atomic E-state index is -0.748. The number of aryl methyl sites for hydroxylation is 1. The largest absolute Gasteiger partial charge is 0.481 e. The van der Waals surface area contributed by atoms with Crippen molar-refractivity contribution in [3.05, 3.63) is 53.5 Å². The Morgan fingerprint density at radius 1 is 1.21 bits per heavy atom. The van der Waals surface area contributed by atoms with Gasteiger partial charge in [-0.15, -0.1) is 0 Å². The molecule has 0 amide bonds. The molecule has 1 unspecified atom stereocenters. The van der Waals surface area contributed by atoms with Gasteiger partial charge in [0.15, 0.2) is 11.4 Å². The second kappa shape index (κ2) is 8.33. The van der Waals surface area contributed by atoms with Crippen LogP contribution in [0.25, 0.3) is 16.9 Å². The third kappa shape index (κ3) is 4.27. The van der Waals surface area contributed by atoms with E-state index in [0.717, 1.165) is 35.5 Å². The van der Waals surface area contributed by atoms with Crippen LogP contribution in [0, 0.1) is 5.92 Å². The summed E-state index contributed by atoms with van der Waals surface area (Å²) in [6, 6.07) is 10.0. The van der Waals surface area contributed by atoms with E-state index in [4.69, 9.17) is 5.11 Å². The first-order chi connectivity index (χ1) is 13.4. The molecule has 0 radical (unpaired) electrons. The number of carboxylic acid groups (broad SMARTS) is 1. The molecule has 0 aliphatic heterocycles. The molecule has 0 aliphatic rings. The first kappa shape index (κ1) is 19.7. The van der Waals surface area contributed by atoms with Crippen molar-refractivity contribution in [3.63, 3.8) is 0 Å². The van der Waals surface area contributed by atoms with Gasteiger partial charge in [-0.2, -0.15) is 0 Å². The third-order valence-electron chi connectivity index (χ3n) is 4.92. The molecule has 28 heavy (non-hydrogen) atoms. The molecular weight excluding hydrogens is 354 g/mol. The zero-order valence-corrected chi connectivity index (χ0v) is 16.5. The SMILES string of the molecule is CCc1nc2cc(C(C)=O)cnc2n1-c1ccc(CC(C)CCC(=O)O)cc1. The van der Waals surface area contributed by atoms with E-state index in [1.54, 1.807) is 12.3 Å². The van der Waals surface area contributed by atoms with Gasteiger partial charge in [-0.25, -0.2) is 9.97 Å². The van der Waals surface area contributed by atoms with Crippen LogP contribution >= 0.6 is 0 Å². The number of carbonyl (C=O) groups is 2. The lowest BCUT2D eigenvalue weighted by atomic mass is 9.96. The molecule has 0 bridgehead atoms. The van der Waals surface area contributed by atoms with Crippen LogP contribution in [-0.4, -0.2) is 31.4 Å². The van der Waals surface area contributed by atoms with Crippen molar-refractivity contribution in [1.29, 1.82) is 0 Å². The van der Waals surface area contributed by atoms with E-state index in [1.165, 1.54) is 12.5 Å². The summed E-state index contributed by atoms with van der Waals surface area (Å²) >= 11 is 0. The first-order valence-electron chi connectivity index (χ1n) is 9.58. The predicted molar refractivity (Wildman–Crippen MR) is 108 cm³/mol. The number of hydrogen-bond acceptors (Lipinski definition) is 4. The van der Waals surface area contributed by atoms with Crippen LogP contribution in [0.1, 0.15) is 55.4 Å². The molecule has 0 fully saturated rings. The number of aliphatic carboxylic acids is 1. The van der Waals surface area contributed by atoms with Crippen LogP contribution in [-0.2, 0) is 17.6 Å². The van der Waals surface area contributed by atoms with Crippen molar-refractivity contribution in [1.82, 2.24) is 14.5 Å². The zero-order chi connectivity index (χ0) is 20.3. The summed E-state index contributed by atoms with van der Waals surface area (Å²) in [4.78, 5) is 31.5. The number of aromatic nitrogens is 3. The Balaban J connectivity index is 1.88. The van der Waals surface area contributed by atoms with E-state index >= 15 is 0 Å². The quantitative estimate of drug-likeness (QED) is 0.592. The van der Waals surface area contributed by atoms with E-state index in [-0.39, 0.29) is 12.2 Å². The van der Waals surface area contributed by atoms with Crippen LogP contribution in [0.2, 0.25) is 0 Å². The highest BCUT2D eigenvalue weighted by Gasteiger charge is 2.14. The number of Topliss-reactive ketones (excluding diaryl/α,β-unsaturated/α-hetero) is 1. The standard InChI is InChI=1S/C22H25N3O3/c1-4-20-24-19-12-17(15(3)26)13-23-22(19)25(20)18-8-6-16(7-9-18)11-14(2)5-10-21(27)28/h6-9,12-14H,4-5,10-11H2,1-3H3,(H,27,28). The van der Waals surface area contributed by atoms with Crippen molar-refractivity contribution in [2.45, 2.75) is 46.5 Å².